The second kappa shape index (κ2) is 7.37. The van der Waals surface area contributed by atoms with Gasteiger partial charge in [0.15, 0.2) is 0 Å². The summed E-state index contributed by atoms with van der Waals surface area (Å²) in [4.78, 5) is 6.89. The van der Waals surface area contributed by atoms with Crippen LogP contribution in [-0.2, 0) is 19.5 Å². The van der Waals surface area contributed by atoms with Gasteiger partial charge in [0.1, 0.15) is 0 Å². The Morgan fingerprint density at radius 1 is 1.00 bits per heavy atom. The highest BCUT2D eigenvalue weighted by Crippen LogP contribution is 2.15. The summed E-state index contributed by atoms with van der Waals surface area (Å²) >= 11 is 0. The van der Waals surface area contributed by atoms with E-state index in [2.05, 4.69) is 74.1 Å². The lowest BCUT2D eigenvalue weighted by molar-refractivity contribution is 0.317. The summed E-state index contributed by atoms with van der Waals surface area (Å²) in [6.07, 6.45) is 3.10. The second-order valence-electron chi connectivity index (χ2n) is 6.04. The molecule has 21 heavy (non-hydrogen) atoms. The molecule has 0 radical (unpaired) electrons. The lowest BCUT2D eigenvalue weighted by Crippen LogP contribution is -2.18. The van der Waals surface area contributed by atoms with Gasteiger partial charge in [0.05, 0.1) is 0 Å². The number of nitrogens with zero attached hydrogens (tertiary/aromatic N) is 2. The third-order valence-corrected chi connectivity index (χ3v) is 3.83. The first-order valence-electron chi connectivity index (χ1n) is 7.80. The summed E-state index contributed by atoms with van der Waals surface area (Å²) < 4.78 is 0. The maximum atomic E-state index is 4.55. The highest BCUT2D eigenvalue weighted by atomic mass is 15.1. The molecule has 1 heterocycles. The Balaban J connectivity index is 1.99. The molecule has 0 bridgehead atoms. The number of hydrogen-bond acceptors (Lipinski definition) is 2. The van der Waals surface area contributed by atoms with Crippen molar-refractivity contribution < 1.29 is 0 Å². The van der Waals surface area contributed by atoms with E-state index in [0.717, 1.165) is 25.2 Å². The fourth-order valence-electron chi connectivity index (χ4n) is 2.59. The Kier molecular flexibility index (Phi) is 5.51. The fourth-order valence-corrected chi connectivity index (χ4v) is 2.59. The Morgan fingerprint density at radius 2 is 1.71 bits per heavy atom. The van der Waals surface area contributed by atoms with Gasteiger partial charge >= 0.3 is 0 Å². The molecule has 0 saturated carbocycles. The summed E-state index contributed by atoms with van der Waals surface area (Å²) in [7, 11) is 2.17. The molecule has 0 aliphatic rings. The molecule has 0 atom stereocenters. The van der Waals surface area contributed by atoms with Crippen molar-refractivity contribution in [1.82, 2.24) is 9.88 Å². The van der Waals surface area contributed by atoms with E-state index in [1.807, 2.05) is 6.20 Å². The zero-order valence-electron chi connectivity index (χ0n) is 13.6. The molecule has 0 amide bonds. The predicted molar refractivity (Wildman–Crippen MR) is 89.3 cm³/mol. The molecule has 2 nitrogen and oxygen atoms in total. The van der Waals surface area contributed by atoms with Crippen LogP contribution in [0.5, 0.6) is 0 Å². The normalized spacial score (nSPS) is 11.3. The molecule has 0 aliphatic carbocycles. The summed E-state index contributed by atoms with van der Waals surface area (Å²) in [6, 6.07) is 13.0. The van der Waals surface area contributed by atoms with Crippen LogP contribution in [0.3, 0.4) is 0 Å². The van der Waals surface area contributed by atoms with E-state index in [0.29, 0.717) is 5.92 Å². The summed E-state index contributed by atoms with van der Waals surface area (Å²) in [5.74, 6) is 0.494. The van der Waals surface area contributed by atoms with Crippen LogP contribution in [-0.4, -0.2) is 16.9 Å². The molecular weight excluding hydrogens is 256 g/mol. The average Bonchev–Trinajstić information content (AvgIpc) is 2.48. The van der Waals surface area contributed by atoms with Crippen LogP contribution in [0.2, 0.25) is 0 Å². The smallest absolute Gasteiger partial charge is 0.0429 e. The van der Waals surface area contributed by atoms with Crippen molar-refractivity contribution in [2.24, 2.45) is 0 Å². The van der Waals surface area contributed by atoms with Crippen LogP contribution < -0.4 is 0 Å². The number of aryl methyl sites for hydroxylation is 1. The number of benzene rings is 1. The molecule has 0 saturated heterocycles. The molecule has 1 aromatic heterocycles. The van der Waals surface area contributed by atoms with Gasteiger partial charge in [0.2, 0.25) is 0 Å². The minimum atomic E-state index is 0.494. The third-order valence-electron chi connectivity index (χ3n) is 3.83. The van der Waals surface area contributed by atoms with Crippen LogP contribution in [0, 0.1) is 0 Å². The molecule has 2 aromatic rings. The third kappa shape index (κ3) is 4.40. The van der Waals surface area contributed by atoms with Gasteiger partial charge in [-0.15, -0.1) is 0 Å². The van der Waals surface area contributed by atoms with E-state index in [1.54, 1.807) is 0 Å². The fraction of sp³-hybridized carbons (Fsp3) is 0.421. The summed E-state index contributed by atoms with van der Waals surface area (Å²) in [5.41, 5.74) is 5.31. The highest BCUT2D eigenvalue weighted by molar-refractivity contribution is 5.27. The highest BCUT2D eigenvalue weighted by Gasteiger charge is 2.06. The maximum Gasteiger partial charge on any atom is 0.0429 e. The van der Waals surface area contributed by atoms with E-state index in [9.17, 15) is 0 Å². The Hall–Kier alpha value is -1.67. The molecule has 0 aliphatic heterocycles. The molecule has 1 aromatic carbocycles. The summed E-state index contributed by atoms with van der Waals surface area (Å²) in [6.45, 7) is 8.48. The molecule has 2 rings (SSSR count). The van der Waals surface area contributed by atoms with E-state index >= 15 is 0 Å². The Morgan fingerprint density at radius 3 is 2.29 bits per heavy atom. The van der Waals surface area contributed by atoms with Crippen molar-refractivity contribution in [2.75, 3.05) is 7.05 Å². The molecule has 0 fully saturated rings. The molecule has 0 spiro atoms. The number of aromatic nitrogens is 1. The lowest BCUT2D eigenvalue weighted by atomic mass is 10.0. The first-order chi connectivity index (χ1) is 10.1. The second-order valence-corrected chi connectivity index (χ2v) is 6.04. The quantitative estimate of drug-likeness (QED) is 0.780. The van der Waals surface area contributed by atoms with Gasteiger partial charge in [-0.2, -0.15) is 0 Å². The van der Waals surface area contributed by atoms with Crippen LogP contribution in [0.4, 0.5) is 0 Å². The van der Waals surface area contributed by atoms with Gasteiger partial charge in [0.25, 0.3) is 0 Å². The standard InChI is InChI=1S/C19H26N2/c1-5-17-8-6-7-9-18(17)14-21(4)13-16-10-11-19(15(2)3)20-12-16/h6-12,15H,5,13-14H2,1-4H3. The Labute approximate surface area is 128 Å². The minimum absolute atomic E-state index is 0.494. The molecule has 0 N–H and O–H groups in total. The van der Waals surface area contributed by atoms with Gasteiger partial charge in [-0.25, -0.2) is 0 Å². The summed E-state index contributed by atoms with van der Waals surface area (Å²) in [5, 5.41) is 0. The van der Waals surface area contributed by atoms with E-state index in [1.165, 1.54) is 16.7 Å². The van der Waals surface area contributed by atoms with Crippen molar-refractivity contribution in [2.45, 2.75) is 46.2 Å². The first kappa shape index (κ1) is 15.7. The van der Waals surface area contributed by atoms with Gasteiger partial charge < -0.3 is 0 Å². The van der Waals surface area contributed by atoms with E-state index < -0.39 is 0 Å². The van der Waals surface area contributed by atoms with Crippen molar-refractivity contribution >= 4 is 0 Å². The van der Waals surface area contributed by atoms with E-state index in [4.69, 9.17) is 0 Å². The molecule has 112 valence electrons. The molecular formula is C19H26N2. The average molecular weight is 282 g/mol. The topological polar surface area (TPSA) is 16.1 Å². The monoisotopic (exact) mass is 282 g/mol. The first-order valence-corrected chi connectivity index (χ1v) is 7.80. The zero-order valence-corrected chi connectivity index (χ0v) is 13.6. The van der Waals surface area contributed by atoms with Crippen LogP contribution in [0.15, 0.2) is 42.6 Å². The van der Waals surface area contributed by atoms with Crippen molar-refractivity contribution in [3.63, 3.8) is 0 Å². The number of pyridine rings is 1. The number of hydrogen-bond donors (Lipinski definition) is 0. The molecule has 0 unspecified atom stereocenters. The van der Waals surface area contributed by atoms with Gasteiger partial charge in [-0.3, -0.25) is 9.88 Å². The predicted octanol–water partition coefficient (Wildman–Crippen LogP) is 4.40. The lowest BCUT2D eigenvalue weighted by Gasteiger charge is -2.19. The van der Waals surface area contributed by atoms with Crippen LogP contribution in [0.1, 0.15) is 49.1 Å². The largest absolute Gasteiger partial charge is 0.298 e. The number of rotatable bonds is 6. The molecule has 2 heteroatoms. The van der Waals surface area contributed by atoms with Gasteiger partial charge in [-0.1, -0.05) is 51.1 Å². The maximum absolute atomic E-state index is 4.55. The zero-order chi connectivity index (χ0) is 15.2. The van der Waals surface area contributed by atoms with Crippen molar-refractivity contribution in [1.29, 1.82) is 0 Å². The minimum Gasteiger partial charge on any atom is -0.298 e. The van der Waals surface area contributed by atoms with Crippen molar-refractivity contribution in [3.8, 4) is 0 Å². The SMILES string of the molecule is CCc1ccccc1CN(C)Cc1ccc(C(C)C)nc1. The van der Waals surface area contributed by atoms with Gasteiger partial charge in [-0.05, 0) is 42.1 Å². The Bertz CT molecular complexity index is 558. The van der Waals surface area contributed by atoms with Crippen LogP contribution >= 0.6 is 0 Å². The van der Waals surface area contributed by atoms with Gasteiger partial charge in [0, 0.05) is 25.0 Å². The van der Waals surface area contributed by atoms with Crippen molar-refractivity contribution in [3.05, 3.63) is 65.0 Å². The van der Waals surface area contributed by atoms with Crippen LogP contribution in [0.25, 0.3) is 0 Å². The van der Waals surface area contributed by atoms with E-state index in [-0.39, 0.29) is 0 Å².